The van der Waals surface area contributed by atoms with E-state index in [1.807, 2.05) is 6.07 Å². The molecule has 3 rings (SSSR count). The smallest absolute Gasteiger partial charge is 0.355 e. The zero-order valence-electron chi connectivity index (χ0n) is 19.4. The molecular formula is C25H24FN3O6. The van der Waals surface area contributed by atoms with Crippen LogP contribution in [0.15, 0.2) is 71.2 Å². The van der Waals surface area contributed by atoms with Crippen molar-refractivity contribution in [2.24, 2.45) is 5.73 Å². The first kappa shape index (κ1) is 25.3. The maximum absolute atomic E-state index is 14.9. The molecule has 1 atom stereocenters. The quantitative estimate of drug-likeness (QED) is 0.448. The van der Waals surface area contributed by atoms with Gasteiger partial charge in [-0.3, -0.25) is 4.90 Å². The molecule has 0 saturated heterocycles. The number of nitrogens with two attached hydrogens (primary N) is 1. The van der Waals surface area contributed by atoms with Crippen molar-refractivity contribution in [1.29, 1.82) is 5.26 Å². The normalized spacial score (nSPS) is 15.5. The van der Waals surface area contributed by atoms with Crippen LogP contribution in [0, 0.1) is 17.1 Å². The van der Waals surface area contributed by atoms with Gasteiger partial charge in [0.05, 0.1) is 49.6 Å². The number of esters is 2. The van der Waals surface area contributed by atoms with Gasteiger partial charge in [0.15, 0.2) is 11.6 Å². The van der Waals surface area contributed by atoms with Crippen molar-refractivity contribution in [1.82, 2.24) is 0 Å². The molecule has 1 aliphatic rings. The van der Waals surface area contributed by atoms with E-state index < -0.39 is 23.7 Å². The van der Waals surface area contributed by atoms with Gasteiger partial charge in [-0.25, -0.2) is 14.0 Å². The van der Waals surface area contributed by atoms with Crippen molar-refractivity contribution in [2.45, 2.75) is 5.92 Å². The van der Waals surface area contributed by atoms with Gasteiger partial charge >= 0.3 is 11.9 Å². The summed E-state index contributed by atoms with van der Waals surface area (Å²) in [6, 6.07) is 14.6. The number of rotatable bonds is 8. The van der Waals surface area contributed by atoms with E-state index in [-0.39, 0.29) is 47.3 Å². The molecule has 1 aliphatic heterocycles. The number of para-hydroxylation sites is 1. The summed E-state index contributed by atoms with van der Waals surface area (Å²) < 4.78 is 35.4. The number of halogens is 1. The number of methoxy groups -OCH3 is 3. The molecule has 0 saturated carbocycles. The van der Waals surface area contributed by atoms with Crippen LogP contribution < -0.4 is 15.4 Å². The number of anilines is 1. The molecule has 0 aromatic heterocycles. The summed E-state index contributed by atoms with van der Waals surface area (Å²) in [5.74, 6) is -4.07. The maximum atomic E-state index is 14.9. The molecule has 35 heavy (non-hydrogen) atoms. The summed E-state index contributed by atoms with van der Waals surface area (Å²) in [7, 11) is 3.73. The van der Waals surface area contributed by atoms with Crippen molar-refractivity contribution < 1.29 is 32.9 Å². The third-order valence-corrected chi connectivity index (χ3v) is 5.33. The van der Waals surface area contributed by atoms with Crippen LogP contribution in [0.4, 0.5) is 10.1 Å². The van der Waals surface area contributed by atoms with Gasteiger partial charge in [0.1, 0.15) is 18.1 Å². The van der Waals surface area contributed by atoms with E-state index in [4.69, 9.17) is 24.7 Å². The van der Waals surface area contributed by atoms with E-state index in [0.29, 0.717) is 5.56 Å². The molecule has 0 spiro atoms. The average Bonchev–Trinajstić information content (AvgIpc) is 2.88. The first-order valence-corrected chi connectivity index (χ1v) is 10.5. The van der Waals surface area contributed by atoms with Crippen LogP contribution in [0.5, 0.6) is 5.75 Å². The first-order chi connectivity index (χ1) is 16.9. The summed E-state index contributed by atoms with van der Waals surface area (Å²) in [6.07, 6.45) is 0. The topological polar surface area (TPSA) is 124 Å². The number of nitrogens with zero attached hydrogens (tertiary/aromatic N) is 2. The SMILES string of the molecule is COCCOc1c(F)cccc1N1C(N)=C(C#N)C(c2ccccc2)C(C(=O)OC)=C1C(=O)OC. The fourth-order valence-electron chi connectivity index (χ4n) is 3.81. The van der Waals surface area contributed by atoms with Crippen LogP contribution in [-0.2, 0) is 23.8 Å². The van der Waals surface area contributed by atoms with E-state index in [1.54, 1.807) is 30.3 Å². The fourth-order valence-corrected chi connectivity index (χ4v) is 3.81. The third-order valence-electron chi connectivity index (χ3n) is 5.33. The van der Waals surface area contributed by atoms with Gasteiger partial charge in [0.25, 0.3) is 0 Å². The molecule has 2 N–H and O–H groups in total. The molecule has 0 radical (unpaired) electrons. The van der Waals surface area contributed by atoms with Crippen LogP contribution >= 0.6 is 0 Å². The van der Waals surface area contributed by atoms with Gasteiger partial charge in [0, 0.05) is 7.11 Å². The highest BCUT2D eigenvalue weighted by Gasteiger charge is 2.43. The van der Waals surface area contributed by atoms with Crippen LogP contribution in [0.3, 0.4) is 0 Å². The number of ether oxygens (including phenoxy) is 4. The second-order valence-corrected chi connectivity index (χ2v) is 7.26. The number of carbonyl (C=O) groups is 2. The molecule has 0 aliphatic carbocycles. The zero-order valence-corrected chi connectivity index (χ0v) is 19.4. The van der Waals surface area contributed by atoms with Crippen molar-refractivity contribution in [3.05, 3.63) is 82.6 Å². The Morgan fingerprint density at radius 3 is 2.31 bits per heavy atom. The summed E-state index contributed by atoms with van der Waals surface area (Å²) in [4.78, 5) is 27.3. The van der Waals surface area contributed by atoms with Crippen molar-refractivity contribution in [3.8, 4) is 11.8 Å². The number of hydrogen-bond acceptors (Lipinski definition) is 9. The van der Waals surface area contributed by atoms with E-state index >= 15 is 0 Å². The third kappa shape index (κ3) is 4.81. The number of nitriles is 1. The van der Waals surface area contributed by atoms with Crippen molar-refractivity contribution in [2.75, 3.05) is 39.4 Å². The fraction of sp³-hybridized carbons (Fsp3) is 0.240. The highest BCUT2D eigenvalue weighted by Crippen LogP contribution is 2.45. The maximum Gasteiger partial charge on any atom is 0.355 e. The Kier molecular flexibility index (Phi) is 8.07. The summed E-state index contributed by atoms with van der Waals surface area (Å²) >= 11 is 0. The predicted octanol–water partition coefficient (Wildman–Crippen LogP) is 2.75. The molecule has 0 bridgehead atoms. The number of carbonyl (C=O) groups excluding carboxylic acids is 2. The lowest BCUT2D eigenvalue weighted by Crippen LogP contribution is -2.41. The summed E-state index contributed by atoms with van der Waals surface area (Å²) in [5.41, 5.74) is 6.38. The Labute approximate surface area is 201 Å². The highest BCUT2D eigenvalue weighted by atomic mass is 19.1. The predicted molar refractivity (Wildman–Crippen MR) is 123 cm³/mol. The molecule has 0 fully saturated rings. The van der Waals surface area contributed by atoms with Gasteiger partial charge in [0.2, 0.25) is 0 Å². The van der Waals surface area contributed by atoms with Gasteiger partial charge < -0.3 is 24.7 Å². The second-order valence-electron chi connectivity index (χ2n) is 7.26. The minimum atomic E-state index is -1.04. The lowest BCUT2D eigenvalue weighted by molar-refractivity contribution is -0.139. The molecule has 1 heterocycles. The van der Waals surface area contributed by atoms with Crippen LogP contribution in [0.25, 0.3) is 0 Å². The summed E-state index contributed by atoms with van der Waals surface area (Å²) in [5, 5.41) is 10.1. The Morgan fingerprint density at radius 2 is 1.71 bits per heavy atom. The molecule has 2 aromatic carbocycles. The van der Waals surface area contributed by atoms with Crippen LogP contribution in [-0.4, -0.2) is 46.5 Å². The standard InChI is InChI=1S/C25H24FN3O6/c1-32-12-13-35-22-17(26)10-7-11-18(22)29-21(25(31)34-3)20(24(30)33-2)19(16(14-27)23(29)28)15-8-5-4-6-9-15/h4-11,19H,12-13,28H2,1-3H3. The molecule has 2 aromatic rings. The van der Waals surface area contributed by atoms with E-state index in [9.17, 15) is 19.2 Å². The number of benzene rings is 2. The Hall–Kier alpha value is -4.36. The first-order valence-electron chi connectivity index (χ1n) is 10.5. The van der Waals surface area contributed by atoms with Gasteiger partial charge in [-0.2, -0.15) is 5.26 Å². The largest absolute Gasteiger partial charge is 0.486 e. The Bertz CT molecular complexity index is 1220. The minimum absolute atomic E-state index is 0.0131. The molecule has 10 heteroatoms. The molecule has 9 nitrogen and oxygen atoms in total. The van der Waals surface area contributed by atoms with E-state index in [1.165, 1.54) is 19.2 Å². The van der Waals surface area contributed by atoms with E-state index in [2.05, 4.69) is 0 Å². The minimum Gasteiger partial charge on any atom is -0.486 e. The Morgan fingerprint density at radius 1 is 1.03 bits per heavy atom. The van der Waals surface area contributed by atoms with Crippen LogP contribution in [0.1, 0.15) is 11.5 Å². The Balaban J connectivity index is 2.38. The molecule has 1 unspecified atom stereocenters. The summed E-state index contributed by atoms with van der Waals surface area (Å²) in [6.45, 7) is 0.145. The van der Waals surface area contributed by atoms with Gasteiger partial charge in [-0.1, -0.05) is 36.4 Å². The van der Waals surface area contributed by atoms with Gasteiger partial charge in [-0.05, 0) is 17.7 Å². The van der Waals surface area contributed by atoms with Gasteiger partial charge in [-0.15, -0.1) is 0 Å². The van der Waals surface area contributed by atoms with Crippen molar-refractivity contribution >= 4 is 17.6 Å². The average molecular weight is 481 g/mol. The number of allylic oxidation sites excluding steroid dienone is 1. The van der Waals surface area contributed by atoms with E-state index in [0.717, 1.165) is 25.2 Å². The lowest BCUT2D eigenvalue weighted by Gasteiger charge is -2.36. The lowest BCUT2D eigenvalue weighted by atomic mass is 9.81. The van der Waals surface area contributed by atoms with Crippen LogP contribution in [0.2, 0.25) is 0 Å². The monoisotopic (exact) mass is 481 g/mol. The number of hydrogen-bond donors (Lipinski definition) is 1. The molecular weight excluding hydrogens is 457 g/mol. The molecule has 182 valence electrons. The highest BCUT2D eigenvalue weighted by molar-refractivity contribution is 6.06. The van der Waals surface area contributed by atoms with Crippen molar-refractivity contribution in [3.63, 3.8) is 0 Å². The molecule has 0 amide bonds. The zero-order chi connectivity index (χ0) is 25.5. The second kappa shape index (κ2) is 11.2.